The number of sulfonamides is 1. The number of allylic oxidation sites excluding steroid dienone is 2. The van der Waals surface area contributed by atoms with Crippen LogP contribution in [0.25, 0.3) is 0 Å². The minimum atomic E-state index is -4.44. The lowest BCUT2D eigenvalue weighted by molar-refractivity contribution is -0.387. The van der Waals surface area contributed by atoms with Crippen LogP contribution in [0.15, 0.2) is 139 Å². The van der Waals surface area contributed by atoms with Crippen molar-refractivity contribution < 1.29 is 32.7 Å². The number of aliphatic hydroxyl groups is 1. The van der Waals surface area contributed by atoms with E-state index in [1.165, 1.54) is 35.7 Å². The summed E-state index contributed by atoms with van der Waals surface area (Å²) in [6.07, 6.45) is 4.14. The molecule has 0 aliphatic heterocycles. The Labute approximate surface area is 324 Å². The predicted molar refractivity (Wildman–Crippen MR) is 213 cm³/mol. The molecule has 55 heavy (non-hydrogen) atoms. The number of ether oxygens (including phenoxy) is 2. The van der Waals surface area contributed by atoms with Crippen molar-refractivity contribution in [3.63, 3.8) is 0 Å². The van der Waals surface area contributed by atoms with Crippen LogP contribution < -0.4 is 4.74 Å². The van der Waals surface area contributed by atoms with Crippen LogP contribution in [0.5, 0.6) is 5.75 Å². The first kappa shape index (κ1) is 41.2. The van der Waals surface area contributed by atoms with Gasteiger partial charge in [-0.2, -0.15) is 4.31 Å². The second-order valence-corrected chi connectivity index (χ2v) is 15.8. The van der Waals surface area contributed by atoms with Crippen LogP contribution in [-0.4, -0.2) is 48.3 Å². The molecular weight excluding hydrogens is 717 g/mol. The second kappa shape index (κ2) is 19.6. The average Bonchev–Trinajstić information content (AvgIpc) is 3.20. The maximum Gasteiger partial charge on any atom is 0.289 e. The highest BCUT2D eigenvalue weighted by atomic mass is 32.2. The van der Waals surface area contributed by atoms with Crippen LogP contribution in [-0.2, 0) is 26.1 Å². The topological polar surface area (TPSA) is 136 Å². The van der Waals surface area contributed by atoms with Gasteiger partial charge in [-0.1, -0.05) is 97.1 Å². The smallest absolute Gasteiger partial charge is 0.289 e. The number of unbranched alkanes of at least 4 members (excludes halogenated alkanes) is 1. The van der Waals surface area contributed by atoms with Crippen LogP contribution in [0.2, 0.25) is 0 Å². The van der Waals surface area contributed by atoms with Gasteiger partial charge in [0.05, 0.1) is 18.1 Å². The number of rotatable bonds is 20. The van der Waals surface area contributed by atoms with E-state index in [-0.39, 0.29) is 37.6 Å². The lowest BCUT2D eigenvalue weighted by Gasteiger charge is -2.45. The van der Waals surface area contributed by atoms with Gasteiger partial charge in [-0.05, 0) is 78.8 Å². The van der Waals surface area contributed by atoms with E-state index >= 15 is 0 Å². The molecule has 1 aliphatic rings. The van der Waals surface area contributed by atoms with Crippen LogP contribution in [0.1, 0.15) is 67.4 Å². The van der Waals surface area contributed by atoms with E-state index in [2.05, 4.69) is 13.2 Å². The Hall–Kier alpha value is -4.94. The molecule has 6 atom stereocenters. The Balaban J connectivity index is 1.58. The fourth-order valence-electron chi connectivity index (χ4n) is 7.65. The van der Waals surface area contributed by atoms with E-state index in [1.807, 2.05) is 66.7 Å². The molecule has 1 aliphatic carbocycles. The summed E-state index contributed by atoms with van der Waals surface area (Å²) < 4.78 is 42.7. The van der Waals surface area contributed by atoms with Crippen LogP contribution >= 0.6 is 0 Å². The quantitative estimate of drug-likeness (QED) is 0.0408. The van der Waals surface area contributed by atoms with Gasteiger partial charge in [0.25, 0.3) is 5.69 Å². The first-order valence-electron chi connectivity index (χ1n) is 18.6. The normalized spacial score (nSPS) is 19.7. The predicted octanol–water partition coefficient (Wildman–Crippen LogP) is 8.80. The lowest BCUT2D eigenvalue weighted by Crippen LogP contribution is -2.48. The van der Waals surface area contributed by atoms with Crippen molar-refractivity contribution in [3.05, 3.63) is 161 Å². The number of benzene rings is 4. The molecule has 0 unspecified atom stereocenters. The summed E-state index contributed by atoms with van der Waals surface area (Å²) in [5, 5.41) is 24.0. The van der Waals surface area contributed by atoms with Gasteiger partial charge >= 0.3 is 0 Å². The summed E-state index contributed by atoms with van der Waals surface area (Å²) in [6, 6.07) is 31.0. The highest BCUT2D eigenvalue weighted by Crippen LogP contribution is 2.45. The molecule has 290 valence electrons. The van der Waals surface area contributed by atoms with Gasteiger partial charge in [-0.25, -0.2) is 8.42 Å². The van der Waals surface area contributed by atoms with Gasteiger partial charge in [-0.3, -0.25) is 14.9 Å². The third kappa shape index (κ3) is 10.2. The summed E-state index contributed by atoms with van der Waals surface area (Å²) in [4.78, 5) is 25.0. The van der Waals surface area contributed by atoms with Gasteiger partial charge in [0.1, 0.15) is 23.7 Å². The largest absolute Gasteiger partial charge is 0.497 e. The zero-order valence-electron chi connectivity index (χ0n) is 31.2. The fraction of sp³-hybridized carbons (Fsp3) is 0.341. The number of nitro groups is 1. The summed E-state index contributed by atoms with van der Waals surface area (Å²) >= 11 is 0. The monoisotopic (exact) mass is 766 g/mol. The number of carbonyl (C=O) groups is 1. The minimum Gasteiger partial charge on any atom is -0.497 e. The Bertz CT molecular complexity index is 1990. The molecule has 0 heterocycles. The molecule has 1 N–H and O–H groups in total. The zero-order chi connectivity index (χ0) is 39.4. The molecule has 10 nitrogen and oxygen atoms in total. The molecule has 4 aromatic rings. The Morgan fingerprint density at radius 1 is 0.909 bits per heavy atom. The molecule has 4 aromatic carbocycles. The average molecular weight is 767 g/mol. The highest BCUT2D eigenvalue weighted by Gasteiger charge is 2.46. The molecule has 11 heteroatoms. The van der Waals surface area contributed by atoms with Crippen molar-refractivity contribution >= 4 is 21.5 Å². The third-order valence-corrected chi connectivity index (χ3v) is 12.3. The zero-order valence-corrected chi connectivity index (χ0v) is 32.0. The van der Waals surface area contributed by atoms with Gasteiger partial charge in [0.15, 0.2) is 4.90 Å². The van der Waals surface area contributed by atoms with E-state index in [9.17, 15) is 28.4 Å². The summed E-state index contributed by atoms with van der Waals surface area (Å²) in [5.74, 6) is -0.592. The van der Waals surface area contributed by atoms with Crippen molar-refractivity contribution in [1.29, 1.82) is 0 Å². The summed E-state index contributed by atoms with van der Waals surface area (Å²) in [5.41, 5.74) is 1.56. The molecule has 0 aromatic heterocycles. The molecule has 0 radical (unpaired) electrons. The SMILES string of the molecule is C=CCCC[C@@H]1CC(=O)[C@H](CC=C)[C@@H](CCN(Cc2ccc(OC)cc2)S(=O)(=O)c2ccccc2[N+](=O)[O-])[C@H]1O[C@H](c1ccccc1)[C@H](O)c1ccccc1. The number of para-hydroxylation sites is 1. The minimum absolute atomic E-state index is 0.0523. The van der Waals surface area contributed by atoms with Crippen molar-refractivity contribution in [3.8, 4) is 5.75 Å². The van der Waals surface area contributed by atoms with Crippen molar-refractivity contribution in [2.45, 2.75) is 68.3 Å². The number of hydrogen-bond acceptors (Lipinski definition) is 8. The molecule has 0 bridgehead atoms. The van der Waals surface area contributed by atoms with Gasteiger partial charge in [0, 0.05) is 31.5 Å². The van der Waals surface area contributed by atoms with E-state index in [0.29, 0.717) is 29.7 Å². The maximum atomic E-state index is 14.5. The molecule has 5 rings (SSSR count). The lowest BCUT2D eigenvalue weighted by atomic mass is 9.67. The Morgan fingerprint density at radius 2 is 1.55 bits per heavy atom. The number of hydrogen-bond donors (Lipinski definition) is 1. The van der Waals surface area contributed by atoms with Crippen LogP contribution in [0.4, 0.5) is 5.69 Å². The number of methoxy groups -OCH3 is 1. The number of nitro benzene ring substituents is 1. The molecule has 1 saturated carbocycles. The van der Waals surface area contributed by atoms with Gasteiger partial charge in [0.2, 0.25) is 10.0 Å². The molecule has 1 fully saturated rings. The van der Waals surface area contributed by atoms with Crippen molar-refractivity contribution in [1.82, 2.24) is 4.31 Å². The molecule has 0 spiro atoms. The number of nitrogens with zero attached hydrogens (tertiary/aromatic N) is 2. The summed E-state index contributed by atoms with van der Waals surface area (Å²) in [6.45, 7) is 7.68. The van der Waals surface area contributed by atoms with E-state index in [0.717, 1.165) is 18.4 Å². The van der Waals surface area contributed by atoms with Crippen molar-refractivity contribution in [2.24, 2.45) is 17.8 Å². The van der Waals surface area contributed by atoms with Crippen LogP contribution in [0, 0.1) is 27.9 Å². The van der Waals surface area contributed by atoms with Gasteiger partial charge in [-0.15, -0.1) is 13.2 Å². The maximum absolute atomic E-state index is 14.5. The Morgan fingerprint density at radius 3 is 2.16 bits per heavy atom. The van der Waals surface area contributed by atoms with Gasteiger partial charge < -0.3 is 14.6 Å². The number of aliphatic hydroxyl groups excluding tert-OH is 1. The number of ketones is 1. The standard InChI is InChI=1S/C44H50N2O8S/c1-4-6-9-21-35-30-40(47)37(16-5-2)38(43(35)54-44(34-19-12-8-13-20-34)42(48)33-17-10-7-11-18-33)28-29-45(31-32-24-26-36(53-3)27-25-32)55(51,52)41-23-15-14-22-39(41)46(49)50/h4-5,7-8,10-15,17-20,22-27,35,37-38,42-44,48H,1-2,6,9,16,21,28-31H2,3H3/t35-,37-,38-,42-,43+,44-/m1/s1. The fourth-order valence-corrected chi connectivity index (χ4v) is 9.25. The van der Waals surface area contributed by atoms with E-state index in [1.54, 1.807) is 30.3 Å². The number of carbonyl (C=O) groups excluding carboxylic acids is 1. The highest BCUT2D eigenvalue weighted by molar-refractivity contribution is 7.89. The molecule has 0 saturated heterocycles. The van der Waals surface area contributed by atoms with Crippen molar-refractivity contribution in [2.75, 3.05) is 13.7 Å². The first-order valence-corrected chi connectivity index (χ1v) is 20.1. The summed E-state index contributed by atoms with van der Waals surface area (Å²) in [7, 11) is -2.90. The van der Waals surface area contributed by atoms with Crippen LogP contribution in [0.3, 0.4) is 0 Å². The van der Waals surface area contributed by atoms with E-state index in [4.69, 9.17) is 9.47 Å². The van der Waals surface area contributed by atoms with E-state index < -0.39 is 55.7 Å². The second-order valence-electron chi connectivity index (χ2n) is 13.9. The molecule has 0 amide bonds. The third-order valence-electron chi connectivity index (χ3n) is 10.5. The Kier molecular flexibility index (Phi) is 14.7. The molecular formula is C44H50N2O8S. The number of Topliss-reactive ketones (excluding diaryl/α,β-unsaturated/α-hetero) is 1. The first-order chi connectivity index (χ1) is 26.6.